The highest BCUT2D eigenvalue weighted by Crippen LogP contribution is 2.37. The normalized spacial score (nSPS) is 11.9. The molecule has 7 heteroatoms. The van der Waals surface area contributed by atoms with Crippen LogP contribution < -0.4 is 5.43 Å². The summed E-state index contributed by atoms with van der Waals surface area (Å²) in [6, 6.07) is 4.98. The molecule has 0 spiro atoms. The van der Waals surface area contributed by atoms with Crippen LogP contribution in [0, 0.1) is 0 Å². The molecule has 0 radical (unpaired) electrons. The molecule has 0 aliphatic carbocycles. The lowest BCUT2D eigenvalue weighted by atomic mass is 10.0. The number of phenols is 4. The third-order valence-corrected chi connectivity index (χ3v) is 4.30. The molecule has 7 nitrogen and oxygen atoms in total. The second-order valence-electron chi connectivity index (χ2n) is 6.19. The second-order valence-corrected chi connectivity index (χ2v) is 6.19. The van der Waals surface area contributed by atoms with Crippen LogP contribution in [0.3, 0.4) is 0 Å². The molecule has 3 rings (SSSR count). The first kappa shape index (κ1) is 18.3. The van der Waals surface area contributed by atoms with Crippen LogP contribution in [0.15, 0.2) is 51.4 Å². The Morgan fingerprint density at radius 1 is 1.07 bits per heavy atom. The maximum Gasteiger partial charge on any atom is 0.204 e. The van der Waals surface area contributed by atoms with Gasteiger partial charge in [0.25, 0.3) is 0 Å². The first-order chi connectivity index (χ1) is 12.8. The summed E-state index contributed by atoms with van der Waals surface area (Å²) < 4.78 is 5.38. The summed E-state index contributed by atoms with van der Waals surface area (Å²) in [5, 5.41) is 49.1. The molecule has 0 fully saturated rings. The van der Waals surface area contributed by atoms with E-state index in [-0.39, 0.29) is 57.9 Å². The lowest BCUT2D eigenvalue weighted by molar-refractivity contribution is 0.331. The maximum absolute atomic E-state index is 12.9. The number of benzene rings is 2. The highest BCUT2D eigenvalue weighted by Gasteiger charge is 2.19. The zero-order chi connectivity index (χ0) is 19.7. The predicted octanol–water partition coefficient (Wildman–Crippen LogP) is 2.76. The van der Waals surface area contributed by atoms with E-state index < -0.39 is 11.2 Å². The Hall–Kier alpha value is -3.45. The van der Waals surface area contributed by atoms with E-state index in [1.165, 1.54) is 18.2 Å². The first-order valence-corrected chi connectivity index (χ1v) is 8.11. The average molecular weight is 370 g/mol. The number of rotatable bonds is 4. The fraction of sp³-hybridized carbons (Fsp3) is 0.150. The summed E-state index contributed by atoms with van der Waals surface area (Å²) in [5.74, 6) is -1.16. The third kappa shape index (κ3) is 3.32. The number of fused-ring (bicyclic) bond motifs is 1. The summed E-state index contributed by atoms with van der Waals surface area (Å²) in [4.78, 5) is 12.9. The quantitative estimate of drug-likeness (QED) is 0.446. The number of phenolic OH excluding ortho intramolecular Hbond substituents is 4. The van der Waals surface area contributed by atoms with E-state index in [0.717, 1.165) is 12.3 Å². The van der Waals surface area contributed by atoms with E-state index in [0.29, 0.717) is 5.57 Å². The second kappa shape index (κ2) is 7.05. The molecule has 0 saturated carbocycles. The van der Waals surface area contributed by atoms with Crippen molar-refractivity contribution in [1.29, 1.82) is 0 Å². The Bertz CT molecular complexity index is 1110. The van der Waals surface area contributed by atoms with Gasteiger partial charge in [0, 0.05) is 23.3 Å². The molecule has 0 saturated heterocycles. The van der Waals surface area contributed by atoms with Gasteiger partial charge < -0.3 is 29.9 Å². The lowest BCUT2D eigenvalue weighted by Gasteiger charge is -2.10. The molecule has 0 atom stereocenters. The Morgan fingerprint density at radius 2 is 1.81 bits per heavy atom. The smallest absolute Gasteiger partial charge is 0.204 e. The standard InChI is InChI=1S/C20H18O7/c1-10(8-21)2-4-13-16(24)7-17-18(19(13)25)20(26)14(9-27-17)12-5-3-11(22)6-15(12)23/h2-3,5-7,9,21-25H,4,8H2,1H3/b10-2-. The number of aliphatic hydroxyl groups excluding tert-OH is 1. The van der Waals surface area contributed by atoms with Crippen molar-refractivity contribution in [1.82, 2.24) is 0 Å². The molecule has 1 aromatic heterocycles. The van der Waals surface area contributed by atoms with Crippen molar-refractivity contribution in [2.75, 3.05) is 6.61 Å². The van der Waals surface area contributed by atoms with Crippen LogP contribution in [0.5, 0.6) is 23.0 Å². The molecule has 0 aliphatic rings. The van der Waals surface area contributed by atoms with E-state index in [1.807, 2.05) is 0 Å². The van der Waals surface area contributed by atoms with E-state index >= 15 is 0 Å². The Labute approximate surface area is 153 Å². The van der Waals surface area contributed by atoms with Crippen LogP contribution in [0.1, 0.15) is 12.5 Å². The van der Waals surface area contributed by atoms with Crippen LogP contribution in [0.25, 0.3) is 22.1 Å². The van der Waals surface area contributed by atoms with Gasteiger partial charge in [-0.2, -0.15) is 0 Å². The number of hydrogen-bond donors (Lipinski definition) is 5. The number of allylic oxidation sites excluding steroid dienone is 1. The number of aliphatic hydroxyl groups is 1. The molecule has 2 aromatic carbocycles. The molecule has 0 unspecified atom stereocenters. The summed E-state index contributed by atoms with van der Waals surface area (Å²) in [6.07, 6.45) is 2.84. The SMILES string of the molecule is C/C(=C/Cc1c(O)cc2occ(-c3ccc(O)cc3O)c(=O)c2c1O)CO. The molecular weight excluding hydrogens is 352 g/mol. The predicted molar refractivity (Wildman–Crippen MR) is 99.1 cm³/mol. The van der Waals surface area contributed by atoms with Gasteiger partial charge in [-0.3, -0.25) is 4.79 Å². The van der Waals surface area contributed by atoms with Crippen molar-refractivity contribution < 1.29 is 29.9 Å². The molecular formula is C20H18O7. The van der Waals surface area contributed by atoms with Crippen molar-refractivity contribution in [2.24, 2.45) is 0 Å². The van der Waals surface area contributed by atoms with Gasteiger partial charge >= 0.3 is 0 Å². The molecule has 0 bridgehead atoms. The van der Waals surface area contributed by atoms with Crippen LogP contribution >= 0.6 is 0 Å². The van der Waals surface area contributed by atoms with E-state index in [4.69, 9.17) is 9.52 Å². The van der Waals surface area contributed by atoms with Gasteiger partial charge in [0.1, 0.15) is 40.2 Å². The van der Waals surface area contributed by atoms with Gasteiger partial charge in [0.15, 0.2) is 0 Å². The van der Waals surface area contributed by atoms with Crippen molar-refractivity contribution >= 4 is 11.0 Å². The minimum atomic E-state index is -0.598. The van der Waals surface area contributed by atoms with Gasteiger partial charge in [0.05, 0.1) is 12.2 Å². The fourth-order valence-corrected chi connectivity index (χ4v) is 2.77. The first-order valence-electron chi connectivity index (χ1n) is 8.11. The van der Waals surface area contributed by atoms with Gasteiger partial charge in [-0.15, -0.1) is 0 Å². The molecule has 140 valence electrons. The van der Waals surface area contributed by atoms with E-state index in [2.05, 4.69) is 0 Å². The van der Waals surface area contributed by atoms with Gasteiger partial charge in [-0.1, -0.05) is 11.6 Å². The van der Waals surface area contributed by atoms with Crippen LogP contribution in [-0.2, 0) is 6.42 Å². The van der Waals surface area contributed by atoms with Gasteiger partial charge in [-0.25, -0.2) is 0 Å². The zero-order valence-electron chi connectivity index (χ0n) is 14.4. The van der Waals surface area contributed by atoms with Crippen molar-refractivity contribution in [3.63, 3.8) is 0 Å². The van der Waals surface area contributed by atoms with Crippen LogP contribution in [0.4, 0.5) is 0 Å². The summed E-state index contributed by atoms with van der Waals surface area (Å²) in [7, 11) is 0. The summed E-state index contributed by atoms with van der Waals surface area (Å²) in [5.41, 5.74) is 0.281. The third-order valence-electron chi connectivity index (χ3n) is 4.30. The minimum Gasteiger partial charge on any atom is -0.508 e. The van der Waals surface area contributed by atoms with Crippen molar-refractivity contribution in [2.45, 2.75) is 13.3 Å². The molecule has 27 heavy (non-hydrogen) atoms. The molecule has 1 heterocycles. The molecule has 5 N–H and O–H groups in total. The van der Waals surface area contributed by atoms with Crippen molar-refractivity contribution in [3.05, 3.63) is 58.0 Å². The largest absolute Gasteiger partial charge is 0.508 e. The maximum atomic E-state index is 12.9. The fourth-order valence-electron chi connectivity index (χ4n) is 2.77. The Morgan fingerprint density at radius 3 is 2.48 bits per heavy atom. The lowest BCUT2D eigenvalue weighted by Crippen LogP contribution is -2.06. The van der Waals surface area contributed by atoms with Gasteiger partial charge in [0.2, 0.25) is 5.43 Å². The zero-order valence-corrected chi connectivity index (χ0v) is 14.4. The topological polar surface area (TPSA) is 131 Å². The van der Waals surface area contributed by atoms with Crippen LogP contribution in [-0.4, -0.2) is 32.1 Å². The van der Waals surface area contributed by atoms with Gasteiger partial charge in [-0.05, 0) is 25.5 Å². The monoisotopic (exact) mass is 370 g/mol. The van der Waals surface area contributed by atoms with Crippen molar-refractivity contribution in [3.8, 4) is 34.1 Å². The number of aromatic hydroxyl groups is 4. The van der Waals surface area contributed by atoms with E-state index in [9.17, 15) is 25.2 Å². The average Bonchev–Trinajstić information content (AvgIpc) is 2.62. The number of hydrogen-bond acceptors (Lipinski definition) is 7. The Balaban J connectivity index is 2.24. The molecule has 0 amide bonds. The minimum absolute atomic E-state index is 0.00554. The highest BCUT2D eigenvalue weighted by molar-refractivity contribution is 5.90. The molecule has 0 aliphatic heterocycles. The Kier molecular flexibility index (Phi) is 4.79. The van der Waals surface area contributed by atoms with E-state index in [1.54, 1.807) is 13.0 Å². The molecule has 3 aromatic rings. The van der Waals surface area contributed by atoms with Crippen LogP contribution in [0.2, 0.25) is 0 Å². The summed E-state index contributed by atoms with van der Waals surface area (Å²) in [6.45, 7) is 1.52. The highest BCUT2D eigenvalue weighted by atomic mass is 16.3. The summed E-state index contributed by atoms with van der Waals surface area (Å²) >= 11 is 0.